The first-order valence-electron chi connectivity index (χ1n) is 8.71. The predicted octanol–water partition coefficient (Wildman–Crippen LogP) is 1.99. The van der Waals surface area contributed by atoms with Crippen molar-refractivity contribution in [3.05, 3.63) is 53.3 Å². The highest BCUT2D eigenvalue weighted by molar-refractivity contribution is 5.80. The molecule has 0 atom stereocenters. The van der Waals surface area contributed by atoms with Crippen molar-refractivity contribution in [1.29, 1.82) is 0 Å². The number of nitrogens with zero attached hydrogens (tertiary/aromatic N) is 5. The standard InChI is InChI=1S/C19H26N6/c1-15-5-6-17(16(2)13-15)14-23-18(20-3)24-9-11-25(12-10-24)19-21-7-4-8-22-19/h4-8,13H,9-12,14H2,1-3H3,(H,20,23). The lowest BCUT2D eigenvalue weighted by Gasteiger charge is -2.36. The number of aromatic nitrogens is 2. The molecule has 2 heterocycles. The molecule has 0 aliphatic carbocycles. The molecule has 1 fully saturated rings. The summed E-state index contributed by atoms with van der Waals surface area (Å²) in [6.45, 7) is 8.68. The largest absolute Gasteiger partial charge is 0.352 e. The van der Waals surface area contributed by atoms with Crippen LogP contribution in [0.4, 0.5) is 5.95 Å². The van der Waals surface area contributed by atoms with Crippen LogP contribution in [0.2, 0.25) is 0 Å². The van der Waals surface area contributed by atoms with E-state index in [1.807, 2.05) is 13.1 Å². The first kappa shape index (κ1) is 17.2. The number of benzene rings is 1. The molecule has 1 saturated heterocycles. The maximum Gasteiger partial charge on any atom is 0.225 e. The highest BCUT2D eigenvalue weighted by Gasteiger charge is 2.21. The predicted molar refractivity (Wildman–Crippen MR) is 102 cm³/mol. The van der Waals surface area contributed by atoms with Gasteiger partial charge in [-0.25, -0.2) is 9.97 Å². The van der Waals surface area contributed by atoms with Crippen molar-refractivity contribution in [2.24, 2.45) is 4.99 Å². The lowest BCUT2D eigenvalue weighted by Crippen LogP contribution is -2.52. The van der Waals surface area contributed by atoms with Gasteiger partial charge in [0.05, 0.1) is 0 Å². The minimum Gasteiger partial charge on any atom is -0.352 e. The summed E-state index contributed by atoms with van der Waals surface area (Å²) in [4.78, 5) is 17.6. The number of anilines is 1. The third-order valence-corrected chi connectivity index (χ3v) is 4.56. The van der Waals surface area contributed by atoms with Crippen molar-refractivity contribution < 1.29 is 0 Å². The summed E-state index contributed by atoms with van der Waals surface area (Å²) in [5.74, 6) is 1.76. The van der Waals surface area contributed by atoms with Crippen LogP contribution in [0, 0.1) is 13.8 Å². The van der Waals surface area contributed by atoms with Crippen LogP contribution in [-0.2, 0) is 6.54 Å². The van der Waals surface area contributed by atoms with Gasteiger partial charge in [0.15, 0.2) is 5.96 Å². The Hall–Kier alpha value is -2.63. The quantitative estimate of drug-likeness (QED) is 0.685. The molecule has 6 heteroatoms. The molecule has 0 amide bonds. The first-order valence-corrected chi connectivity index (χ1v) is 8.71. The van der Waals surface area contributed by atoms with Gasteiger partial charge in [-0.3, -0.25) is 4.99 Å². The van der Waals surface area contributed by atoms with E-state index in [0.29, 0.717) is 0 Å². The van der Waals surface area contributed by atoms with Crippen molar-refractivity contribution in [3.63, 3.8) is 0 Å². The maximum atomic E-state index is 4.45. The molecular formula is C19H26N6. The summed E-state index contributed by atoms with van der Waals surface area (Å²) in [6, 6.07) is 8.41. The van der Waals surface area contributed by atoms with Crippen LogP contribution >= 0.6 is 0 Å². The Morgan fingerprint density at radius 3 is 2.48 bits per heavy atom. The zero-order valence-corrected chi connectivity index (χ0v) is 15.2. The highest BCUT2D eigenvalue weighted by atomic mass is 15.4. The molecule has 1 aliphatic rings. The molecule has 0 saturated carbocycles. The van der Waals surface area contributed by atoms with Gasteiger partial charge in [0, 0.05) is 52.2 Å². The molecule has 0 radical (unpaired) electrons. The van der Waals surface area contributed by atoms with Crippen molar-refractivity contribution in [1.82, 2.24) is 20.2 Å². The summed E-state index contributed by atoms with van der Waals surface area (Å²) >= 11 is 0. The maximum absolute atomic E-state index is 4.45. The van der Waals surface area contributed by atoms with Crippen LogP contribution in [0.25, 0.3) is 0 Å². The summed E-state index contributed by atoms with van der Waals surface area (Å²) in [7, 11) is 1.84. The lowest BCUT2D eigenvalue weighted by molar-refractivity contribution is 0.370. The number of rotatable bonds is 3. The van der Waals surface area contributed by atoms with Crippen LogP contribution in [0.3, 0.4) is 0 Å². The van der Waals surface area contributed by atoms with Crippen LogP contribution in [0.1, 0.15) is 16.7 Å². The Bertz CT molecular complexity index is 720. The zero-order valence-electron chi connectivity index (χ0n) is 15.2. The van der Waals surface area contributed by atoms with Gasteiger partial charge in [-0.05, 0) is 31.0 Å². The molecule has 0 unspecified atom stereocenters. The fraction of sp³-hybridized carbons (Fsp3) is 0.421. The number of guanidine groups is 1. The van der Waals surface area contributed by atoms with Gasteiger partial charge in [-0.15, -0.1) is 0 Å². The van der Waals surface area contributed by atoms with Crippen molar-refractivity contribution in [2.45, 2.75) is 20.4 Å². The fourth-order valence-electron chi connectivity index (χ4n) is 3.12. The van der Waals surface area contributed by atoms with Crippen molar-refractivity contribution >= 4 is 11.9 Å². The van der Waals surface area contributed by atoms with Crippen LogP contribution in [-0.4, -0.2) is 54.1 Å². The Morgan fingerprint density at radius 1 is 1.12 bits per heavy atom. The first-order chi connectivity index (χ1) is 12.2. The third kappa shape index (κ3) is 4.26. The second-order valence-electron chi connectivity index (χ2n) is 6.35. The molecule has 0 spiro atoms. The Balaban J connectivity index is 1.56. The number of hydrogen-bond acceptors (Lipinski definition) is 4. The van der Waals surface area contributed by atoms with Gasteiger partial charge < -0.3 is 15.1 Å². The molecule has 1 aromatic heterocycles. The van der Waals surface area contributed by atoms with E-state index in [1.165, 1.54) is 16.7 Å². The SMILES string of the molecule is CN=C(NCc1ccc(C)cc1C)N1CCN(c2ncccn2)CC1. The van der Waals surface area contributed by atoms with Gasteiger partial charge in [-0.1, -0.05) is 23.8 Å². The second-order valence-corrected chi connectivity index (χ2v) is 6.35. The van der Waals surface area contributed by atoms with E-state index in [0.717, 1.165) is 44.6 Å². The Morgan fingerprint density at radius 2 is 1.84 bits per heavy atom. The van der Waals surface area contributed by atoms with Gasteiger partial charge in [0.25, 0.3) is 0 Å². The zero-order chi connectivity index (χ0) is 17.6. The average molecular weight is 338 g/mol. The molecule has 2 aromatic rings. The molecular weight excluding hydrogens is 312 g/mol. The summed E-state index contributed by atoms with van der Waals surface area (Å²) < 4.78 is 0. The molecule has 1 N–H and O–H groups in total. The number of nitrogens with one attached hydrogen (secondary N) is 1. The van der Waals surface area contributed by atoms with Crippen LogP contribution in [0.5, 0.6) is 0 Å². The van der Waals surface area contributed by atoms with Crippen molar-refractivity contribution in [2.75, 3.05) is 38.1 Å². The number of piperazine rings is 1. The minimum absolute atomic E-state index is 0.792. The van der Waals surface area contributed by atoms with E-state index >= 15 is 0 Å². The van der Waals surface area contributed by atoms with E-state index in [-0.39, 0.29) is 0 Å². The number of aryl methyl sites for hydroxylation is 2. The van der Waals surface area contributed by atoms with Gasteiger partial charge in [0.2, 0.25) is 5.95 Å². The molecule has 0 bridgehead atoms. The van der Waals surface area contributed by atoms with Crippen LogP contribution in [0.15, 0.2) is 41.7 Å². The molecule has 3 rings (SSSR count). The van der Waals surface area contributed by atoms with E-state index in [4.69, 9.17) is 0 Å². The highest BCUT2D eigenvalue weighted by Crippen LogP contribution is 2.12. The average Bonchev–Trinajstić information content (AvgIpc) is 2.65. The topological polar surface area (TPSA) is 56.7 Å². The summed E-state index contributed by atoms with van der Waals surface area (Å²) in [5.41, 5.74) is 3.92. The molecule has 1 aromatic carbocycles. The molecule has 1 aliphatic heterocycles. The van der Waals surface area contributed by atoms with Gasteiger partial charge in [0.1, 0.15) is 0 Å². The second kappa shape index (κ2) is 7.96. The number of aliphatic imine (C=N–C) groups is 1. The minimum atomic E-state index is 0.792. The monoisotopic (exact) mass is 338 g/mol. The smallest absolute Gasteiger partial charge is 0.225 e. The molecule has 132 valence electrons. The van der Waals surface area contributed by atoms with E-state index in [1.54, 1.807) is 12.4 Å². The van der Waals surface area contributed by atoms with Gasteiger partial charge in [-0.2, -0.15) is 0 Å². The Labute approximate surface area is 149 Å². The lowest BCUT2D eigenvalue weighted by atomic mass is 10.1. The number of hydrogen-bond donors (Lipinski definition) is 1. The van der Waals surface area contributed by atoms with Crippen molar-refractivity contribution in [3.8, 4) is 0 Å². The van der Waals surface area contributed by atoms with E-state index in [9.17, 15) is 0 Å². The Kier molecular flexibility index (Phi) is 5.48. The summed E-state index contributed by atoms with van der Waals surface area (Å²) in [5, 5.41) is 3.50. The third-order valence-electron chi connectivity index (χ3n) is 4.56. The van der Waals surface area contributed by atoms with Gasteiger partial charge >= 0.3 is 0 Å². The molecule has 25 heavy (non-hydrogen) atoms. The molecule has 6 nitrogen and oxygen atoms in total. The van der Waals surface area contributed by atoms with E-state index < -0.39 is 0 Å². The normalized spacial score (nSPS) is 15.4. The fourth-order valence-corrected chi connectivity index (χ4v) is 3.12. The summed E-state index contributed by atoms with van der Waals surface area (Å²) in [6.07, 6.45) is 3.58. The van der Waals surface area contributed by atoms with Crippen LogP contribution < -0.4 is 10.2 Å². The van der Waals surface area contributed by atoms with E-state index in [2.05, 4.69) is 62.1 Å².